The summed E-state index contributed by atoms with van der Waals surface area (Å²) in [5, 5.41) is 6.80. The molecule has 1 amide bonds. The number of rotatable bonds is 13. The summed E-state index contributed by atoms with van der Waals surface area (Å²) >= 11 is 3.19. The number of hydrogen-bond acceptors (Lipinski definition) is 8. The molecule has 10 heteroatoms. The van der Waals surface area contributed by atoms with Gasteiger partial charge in [0.2, 0.25) is 5.91 Å². The first-order valence-corrected chi connectivity index (χ1v) is 13.6. The number of benzene rings is 3. The van der Waals surface area contributed by atoms with Gasteiger partial charge in [-0.15, -0.1) is 11.3 Å². The molecule has 2 N–H and O–H groups in total. The molecule has 194 valence electrons. The van der Waals surface area contributed by atoms with Gasteiger partial charge in [0.1, 0.15) is 22.3 Å². The maximum atomic E-state index is 13.6. The van der Waals surface area contributed by atoms with Crippen LogP contribution >= 0.6 is 23.1 Å². The van der Waals surface area contributed by atoms with Gasteiger partial charge in [-0.3, -0.25) is 4.79 Å². The highest BCUT2D eigenvalue weighted by Crippen LogP contribution is 2.35. The Balaban J connectivity index is 1.29. The Kier molecular flexibility index (Phi) is 9.72. The summed E-state index contributed by atoms with van der Waals surface area (Å²) in [4.78, 5) is 17.1. The summed E-state index contributed by atoms with van der Waals surface area (Å²) in [5.74, 6) is 2.62. The van der Waals surface area contributed by atoms with Crippen molar-refractivity contribution in [2.24, 2.45) is 0 Å². The second-order valence-electron chi connectivity index (χ2n) is 8.02. The Morgan fingerprint density at radius 1 is 1.08 bits per heavy atom. The topological polar surface area (TPSA) is 81.7 Å². The van der Waals surface area contributed by atoms with Crippen LogP contribution in [-0.4, -0.2) is 50.7 Å². The van der Waals surface area contributed by atoms with Crippen molar-refractivity contribution in [3.63, 3.8) is 0 Å². The van der Waals surface area contributed by atoms with Crippen LogP contribution in [0, 0.1) is 5.82 Å². The summed E-state index contributed by atoms with van der Waals surface area (Å²) in [5.41, 5.74) is 3.30. The van der Waals surface area contributed by atoms with E-state index in [9.17, 15) is 9.18 Å². The van der Waals surface area contributed by atoms with Gasteiger partial charge in [-0.1, -0.05) is 12.1 Å². The van der Waals surface area contributed by atoms with E-state index < -0.39 is 0 Å². The Morgan fingerprint density at radius 2 is 1.92 bits per heavy atom. The van der Waals surface area contributed by atoms with Gasteiger partial charge in [-0.05, 0) is 54.1 Å². The summed E-state index contributed by atoms with van der Waals surface area (Å²) < 4.78 is 30.3. The number of aromatic nitrogens is 1. The molecule has 1 aromatic heterocycles. The van der Waals surface area contributed by atoms with Crippen molar-refractivity contribution in [2.45, 2.75) is 5.75 Å². The van der Waals surface area contributed by atoms with E-state index in [-0.39, 0.29) is 25.1 Å². The van der Waals surface area contributed by atoms with Gasteiger partial charge >= 0.3 is 0 Å². The molecule has 0 unspecified atom stereocenters. The average Bonchev–Trinajstić information content (AvgIpc) is 3.33. The van der Waals surface area contributed by atoms with E-state index in [4.69, 9.17) is 14.2 Å². The third-order valence-corrected chi connectivity index (χ3v) is 7.42. The normalized spacial score (nSPS) is 11.0. The number of nitrogens with one attached hydrogen (secondary N) is 2. The minimum Gasteiger partial charge on any atom is -0.497 e. The molecule has 7 nitrogen and oxygen atoms in total. The van der Waals surface area contributed by atoms with Gasteiger partial charge in [0.15, 0.2) is 6.79 Å². The number of thiazole rings is 1. The number of thioether (sulfide) groups is 1. The number of fused-ring (bicyclic) bond motifs is 1. The zero-order chi connectivity index (χ0) is 26.0. The lowest BCUT2D eigenvalue weighted by Crippen LogP contribution is -2.29. The number of carbonyl (C=O) groups excluding carboxylic acids is 1. The average molecular weight is 542 g/mol. The molecule has 0 bridgehead atoms. The molecule has 0 fully saturated rings. The first kappa shape index (κ1) is 26.9. The predicted molar refractivity (Wildman–Crippen MR) is 148 cm³/mol. The predicted octanol–water partition coefficient (Wildman–Crippen LogP) is 5.56. The fourth-order valence-electron chi connectivity index (χ4n) is 3.47. The number of halogens is 1. The van der Waals surface area contributed by atoms with Crippen LogP contribution < -0.4 is 20.1 Å². The Hall–Kier alpha value is -3.18. The van der Waals surface area contributed by atoms with Crippen LogP contribution in [0.2, 0.25) is 0 Å². The summed E-state index contributed by atoms with van der Waals surface area (Å²) in [7, 11) is 3.18. The number of nitrogens with zero attached hydrogens (tertiary/aromatic N) is 1. The molecule has 1 heterocycles. The zero-order valence-corrected chi connectivity index (χ0v) is 22.2. The van der Waals surface area contributed by atoms with Crippen molar-refractivity contribution in [1.82, 2.24) is 10.3 Å². The van der Waals surface area contributed by atoms with E-state index in [1.54, 1.807) is 37.1 Å². The van der Waals surface area contributed by atoms with Crippen molar-refractivity contribution >= 4 is 44.9 Å². The van der Waals surface area contributed by atoms with Crippen LogP contribution in [0.15, 0.2) is 60.7 Å². The van der Waals surface area contributed by atoms with Crippen molar-refractivity contribution in [3.8, 4) is 22.1 Å². The summed E-state index contributed by atoms with van der Waals surface area (Å²) in [6.45, 7) is 0.914. The lowest BCUT2D eigenvalue weighted by atomic mass is 10.2. The van der Waals surface area contributed by atoms with Crippen molar-refractivity contribution in [2.75, 3.05) is 45.2 Å². The standard InChI is InChI=1S/C27H28FN3O4S2/c1-33-17-35-24-13-19(27-31-23-10-6-20(28)14-25(23)37-27)5-9-22(24)30-26(32)15-29-11-12-36-16-18-3-7-21(34-2)8-4-18/h3-10,13-14,29H,11-12,15-17H2,1-2H3,(H,30,32). The molecule has 0 spiro atoms. The third-order valence-electron chi connectivity index (χ3n) is 5.32. The first-order chi connectivity index (χ1) is 18.1. The molecule has 0 aliphatic rings. The maximum Gasteiger partial charge on any atom is 0.238 e. The number of amides is 1. The fraction of sp³-hybridized carbons (Fsp3) is 0.259. The van der Waals surface area contributed by atoms with Gasteiger partial charge in [0, 0.05) is 30.7 Å². The molecule has 0 saturated heterocycles. The van der Waals surface area contributed by atoms with E-state index in [2.05, 4.69) is 27.8 Å². The highest BCUT2D eigenvalue weighted by atomic mass is 32.2. The van der Waals surface area contributed by atoms with E-state index in [0.29, 0.717) is 18.0 Å². The monoisotopic (exact) mass is 541 g/mol. The summed E-state index contributed by atoms with van der Waals surface area (Å²) in [6.07, 6.45) is 0. The lowest BCUT2D eigenvalue weighted by molar-refractivity contribution is -0.115. The molecule has 0 atom stereocenters. The molecule has 4 rings (SSSR count). The maximum absolute atomic E-state index is 13.6. The van der Waals surface area contributed by atoms with Crippen LogP contribution in [0.1, 0.15) is 5.56 Å². The molecule has 0 saturated carbocycles. The number of anilines is 1. The molecule has 0 radical (unpaired) electrons. The van der Waals surface area contributed by atoms with Crippen LogP contribution in [0.25, 0.3) is 20.8 Å². The van der Waals surface area contributed by atoms with Crippen LogP contribution in [0.3, 0.4) is 0 Å². The molecule has 37 heavy (non-hydrogen) atoms. The third kappa shape index (κ3) is 7.65. The van der Waals surface area contributed by atoms with E-state index >= 15 is 0 Å². The first-order valence-electron chi connectivity index (χ1n) is 11.6. The number of ether oxygens (including phenoxy) is 3. The number of hydrogen-bond donors (Lipinski definition) is 2. The highest BCUT2D eigenvalue weighted by Gasteiger charge is 2.13. The van der Waals surface area contributed by atoms with Crippen LogP contribution in [0.5, 0.6) is 11.5 Å². The van der Waals surface area contributed by atoms with Crippen molar-refractivity contribution < 1.29 is 23.4 Å². The van der Waals surface area contributed by atoms with E-state index in [1.165, 1.54) is 36.1 Å². The largest absolute Gasteiger partial charge is 0.497 e. The molecule has 3 aromatic carbocycles. The number of carbonyl (C=O) groups is 1. The van der Waals surface area contributed by atoms with Crippen molar-refractivity contribution in [1.29, 1.82) is 0 Å². The van der Waals surface area contributed by atoms with E-state index in [1.807, 2.05) is 18.2 Å². The quantitative estimate of drug-likeness (QED) is 0.170. The van der Waals surface area contributed by atoms with Crippen molar-refractivity contribution in [3.05, 3.63) is 72.0 Å². The zero-order valence-electron chi connectivity index (χ0n) is 20.6. The van der Waals surface area contributed by atoms with Gasteiger partial charge in [0.25, 0.3) is 0 Å². The molecule has 0 aliphatic heterocycles. The molecule has 0 aliphatic carbocycles. The number of methoxy groups -OCH3 is 2. The fourth-order valence-corrected chi connectivity index (χ4v) is 5.32. The Morgan fingerprint density at radius 3 is 2.70 bits per heavy atom. The van der Waals surface area contributed by atoms with Crippen LogP contribution in [0.4, 0.5) is 10.1 Å². The van der Waals surface area contributed by atoms with Gasteiger partial charge in [0.05, 0.1) is 29.6 Å². The second-order valence-corrected chi connectivity index (χ2v) is 10.2. The minimum atomic E-state index is -0.297. The second kappa shape index (κ2) is 13.4. The molecular formula is C27H28FN3O4S2. The van der Waals surface area contributed by atoms with Gasteiger partial charge in [-0.2, -0.15) is 11.8 Å². The van der Waals surface area contributed by atoms with E-state index in [0.717, 1.165) is 38.0 Å². The minimum absolute atomic E-state index is 0.0288. The summed E-state index contributed by atoms with van der Waals surface area (Å²) in [6, 6.07) is 18.0. The molecular weight excluding hydrogens is 513 g/mol. The SMILES string of the molecule is COCOc1cc(-c2nc3ccc(F)cc3s2)ccc1NC(=O)CNCCSCc1ccc(OC)cc1. The lowest BCUT2D eigenvalue weighted by Gasteiger charge is -2.13. The highest BCUT2D eigenvalue weighted by molar-refractivity contribution is 7.98. The van der Waals surface area contributed by atoms with Crippen LogP contribution in [-0.2, 0) is 15.3 Å². The Labute approximate surface area is 223 Å². The van der Waals surface area contributed by atoms with Gasteiger partial charge in [-0.25, -0.2) is 9.37 Å². The smallest absolute Gasteiger partial charge is 0.238 e. The Bertz CT molecular complexity index is 1330. The van der Waals surface area contributed by atoms with Gasteiger partial charge < -0.3 is 24.8 Å². The molecule has 4 aromatic rings.